The van der Waals surface area contributed by atoms with Gasteiger partial charge in [-0.3, -0.25) is 4.79 Å². The minimum atomic E-state index is -3.96. The standard InChI is InChI=1S/C17H16ClFN4O3S2/c1-2-3-7-23-15(16(24)21-11-4-5-13(19)12(18)9-11)10-14(22-28(23,25)26)17-20-6-8-27-17/h1,4-6,8-9,14-15,22H,3,7,10H2,(H,21,24). The lowest BCUT2D eigenvalue weighted by Gasteiger charge is -2.37. The molecular weight excluding hydrogens is 427 g/mol. The number of aromatic nitrogens is 1. The van der Waals surface area contributed by atoms with Crippen molar-refractivity contribution in [1.29, 1.82) is 0 Å². The van der Waals surface area contributed by atoms with Gasteiger partial charge in [-0.2, -0.15) is 17.4 Å². The Labute approximate surface area is 171 Å². The molecular formula is C17H16ClFN4O3S2. The number of anilines is 1. The Morgan fingerprint density at radius 3 is 2.96 bits per heavy atom. The molecule has 1 fully saturated rings. The van der Waals surface area contributed by atoms with E-state index in [1.165, 1.54) is 23.5 Å². The number of benzene rings is 1. The fourth-order valence-electron chi connectivity index (χ4n) is 2.85. The summed E-state index contributed by atoms with van der Waals surface area (Å²) in [7, 11) is -3.96. The topological polar surface area (TPSA) is 91.4 Å². The van der Waals surface area contributed by atoms with Crippen LogP contribution in [0.2, 0.25) is 5.02 Å². The van der Waals surface area contributed by atoms with Crippen molar-refractivity contribution in [2.75, 3.05) is 11.9 Å². The molecule has 1 amide bonds. The molecule has 7 nitrogen and oxygen atoms in total. The predicted molar refractivity (Wildman–Crippen MR) is 106 cm³/mol. The average molecular weight is 443 g/mol. The van der Waals surface area contributed by atoms with E-state index in [4.69, 9.17) is 18.0 Å². The maximum Gasteiger partial charge on any atom is 0.280 e. The van der Waals surface area contributed by atoms with Crippen LogP contribution < -0.4 is 10.0 Å². The summed E-state index contributed by atoms with van der Waals surface area (Å²) in [4.78, 5) is 17.0. The highest BCUT2D eigenvalue weighted by atomic mass is 35.5. The van der Waals surface area contributed by atoms with Crippen LogP contribution in [0.1, 0.15) is 23.9 Å². The van der Waals surface area contributed by atoms with Crippen molar-refractivity contribution in [3.05, 3.63) is 45.6 Å². The van der Waals surface area contributed by atoms with E-state index >= 15 is 0 Å². The lowest BCUT2D eigenvalue weighted by atomic mass is 10.1. The van der Waals surface area contributed by atoms with Crippen molar-refractivity contribution in [3.8, 4) is 12.3 Å². The molecule has 2 atom stereocenters. The zero-order valence-electron chi connectivity index (χ0n) is 14.4. The molecule has 28 heavy (non-hydrogen) atoms. The molecule has 1 aromatic carbocycles. The first-order valence-corrected chi connectivity index (χ1v) is 10.9. The fraction of sp³-hybridized carbons (Fsp3) is 0.294. The summed E-state index contributed by atoms with van der Waals surface area (Å²) < 4.78 is 42.4. The maximum atomic E-state index is 13.3. The van der Waals surface area contributed by atoms with E-state index in [-0.39, 0.29) is 30.1 Å². The van der Waals surface area contributed by atoms with E-state index in [0.717, 1.165) is 10.4 Å². The molecule has 2 heterocycles. The summed E-state index contributed by atoms with van der Waals surface area (Å²) >= 11 is 7.04. The molecule has 0 spiro atoms. The molecule has 0 aliphatic carbocycles. The highest BCUT2D eigenvalue weighted by molar-refractivity contribution is 7.87. The molecule has 0 radical (unpaired) electrons. The van der Waals surface area contributed by atoms with Crippen LogP contribution in [0.3, 0.4) is 0 Å². The first-order chi connectivity index (χ1) is 13.3. The van der Waals surface area contributed by atoms with Crippen LogP contribution in [0.15, 0.2) is 29.8 Å². The third-order valence-corrected chi connectivity index (χ3v) is 6.94. The van der Waals surface area contributed by atoms with Crippen molar-refractivity contribution in [1.82, 2.24) is 14.0 Å². The number of hydrogen-bond acceptors (Lipinski definition) is 5. The first kappa shape index (κ1) is 20.7. The maximum absolute atomic E-state index is 13.3. The number of carbonyl (C=O) groups excluding carboxylic acids is 1. The second-order valence-corrected chi connectivity index (χ2v) is 8.97. The van der Waals surface area contributed by atoms with Gasteiger partial charge >= 0.3 is 0 Å². The van der Waals surface area contributed by atoms with Crippen molar-refractivity contribution in [2.45, 2.75) is 24.9 Å². The molecule has 1 saturated heterocycles. The monoisotopic (exact) mass is 442 g/mol. The molecule has 2 unspecified atom stereocenters. The number of nitrogens with zero attached hydrogens (tertiary/aromatic N) is 2. The smallest absolute Gasteiger partial charge is 0.280 e. The van der Waals surface area contributed by atoms with Gasteiger partial charge < -0.3 is 5.32 Å². The third kappa shape index (κ3) is 4.51. The van der Waals surface area contributed by atoms with E-state index in [1.807, 2.05) is 0 Å². The lowest BCUT2D eigenvalue weighted by Crippen LogP contribution is -2.57. The van der Waals surface area contributed by atoms with Gasteiger partial charge in [0.1, 0.15) is 16.9 Å². The number of thiazole rings is 1. The van der Waals surface area contributed by atoms with E-state index in [2.05, 4.69) is 20.9 Å². The summed E-state index contributed by atoms with van der Waals surface area (Å²) in [6.45, 7) is -0.0152. The molecule has 1 aliphatic heterocycles. The molecule has 1 aliphatic rings. The average Bonchev–Trinajstić information content (AvgIpc) is 3.17. The Morgan fingerprint density at radius 2 is 2.32 bits per heavy atom. The molecule has 2 aromatic rings. The van der Waals surface area contributed by atoms with Gasteiger partial charge in [-0.25, -0.2) is 9.37 Å². The molecule has 1 aromatic heterocycles. The molecule has 11 heteroatoms. The largest absolute Gasteiger partial charge is 0.325 e. The van der Waals surface area contributed by atoms with Crippen LogP contribution >= 0.6 is 22.9 Å². The van der Waals surface area contributed by atoms with Gasteiger partial charge in [-0.05, 0) is 24.6 Å². The number of terminal acetylenes is 1. The fourth-order valence-corrected chi connectivity index (χ4v) is 5.36. The van der Waals surface area contributed by atoms with Crippen LogP contribution in [0.5, 0.6) is 0 Å². The summed E-state index contributed by atoms with van der Waals surface area (Å²) in [5, 5.41) is 4.73. The van der Waals surface area contributed by atoms with Gasteiger partial charge in [-0.1, -0.05) is 11.6 Å². The van der Waals surface area contributed by atoms with Crippen LogP contribution in [-0.4, -0.2) is 36.2 Å². The molecule has 148 valence electrons. The number of rotatable bonds is 5. The van der Waals surface area contributed by atoms with Crippen molar-refractivity contribution >= 4 is 44.7 Å². The highest BCUT2D eigenvalue weighted by Crippen LogP contribution is 2.30. The van der Waals surface area contributed by atoms with Crippen molar-refractivity contribution < 1.29 is 17.6 Å². The zero-order valence-corrected chi connectivity index (χ0v) is 16.8. The highest BCUT2D eigenvalue weighted by Gasteiger charge is 2.43. The zero-order chi connectivity index (χ0) is 20.3. The van der Waals surface area contributed by atoms with Gasteiger partial charge in [0.2, 0.25) is 5.91 Å². The molecule has 0 saturated carbocycles. The summed E-state index contributed by atoms with van der Waals surface area (Å²) in [6.07, 6.45) is 7.14. The van der Waals surface area contributed by atoms with Gasteiger partial charge in [-0.15, -0.1) is 23.7 Å². The van der Waals surface area contributed by atoms with Crippen LogP contribution in [0.4, 0.5) is 10.1 Å². The van der Waals surface area contributed by atoms with Crippen molar-refractivity contribution in [3.63, 3.8) is 0 Å². The Kier molecular flexibility index (Phi) is 6.32. The Morgan fingerprint density at radius 1 is 1.54 bits per heavy atom. The van der Waals surface area contributed by atoms with E-state index in [1.54, 1.807) is 11.6 Å². The van der Waals surface area contributed by atoms with Crippen LogP contribution in [0.25, 0.3) is 0 Å². The second-order valence-electron chi connectivity index (χ2n) is 5.98. The Balaban J connectivity index is 1.88. The normalized spacial score (nSPS) is 21.8. The Bertz CT molecular complexity index is 1010. The minimum Gasteiger partial charge on any atom is -0.325 e. The van der Waals surface area contributed by atoms with Gasteiger partial charge in [0.05, 0.1) is 11.1 Å². The third-order valence-electron chi connectivity index (χ3n) is 4.12. The van der Waals surface area contributed by atoms with Gasteiger partial charge in [0, 0.05) is 30.2 Å². The SMILES string of the molecule is C#CCCN1C(C(=O)Nc2ccc(F)c(Cl)c2)CC(c2nccs2)NS1(=O)=O. The first-order valence-electron chi connectivity index (χ1n) is 8.19. The van der Waals surface area contributed by atoms with Crippen molar-refractivity contribution in [2.24, 2.45) is 0 Å². The number of carbonyl (C=O) groups is 1. The number of nitrogens with one attached hydrogen (secondary N) is 2. The summed E-state index contributed by atoms with van der Waals surface area (Å²) in [5.74, 6) is 1.19. The van der Waals surface area contributed by atoms with E-state index < -0.39 is 34.0 Å². The van der Waals surface area contributed by atoms with E-state index in [9.17, 15) is 17.6 Å². The molecule has 2 N–H and O–H groups in total. The number of hydrogen-bond donors (Lipinski definition) is 2. The minimum absolute atomic E-state index is 0.0152. The second kappa shape index (κ2) is 8.55. The predicted octanol–water partition coefficient (Wildman–Crippen LogP) is 2.55. The van der Waals surface area contributed by atoms with Gasteiger partial charge in [0.15, 0.2) is 0 Å². The summed E-state index contributed by atoms with van der Waals surface area (Å²) in [6, 6.07) is 2.07. The lowest BCUT2D eigenvalue weighted by molar-refractivity contribution is -0.120. The molecule has 3 rings (SSSR count). The van der Waals surface area contributed by atoms with Crippen LogP contribution in [0, 0.1) is 18.2 Å². The summed E-state index contributed by atoms with van der Waals surface area (Å²) in [5.41, 5.74) is 0.259. The number of halogens is 2. The molecule has 0 bridgehead atoms. The Hall–Kier alpha value is -2.03. The quantitative estimate of drug-likeness (QED) is 0.696. The number of amides is 1. The van der Waals surface area contributed by atoms with Crippen LogP contribution in [-0.2, 0) is 15.0 Å². The van der Waals surface area contributed by atoms with E-state index in [0.29, 0.717) is 5.01 Å². The van der Waals surface area contributed by atoms with Gasteiger partial charge in [0.25, 0.3) is 10.2 Å².